The minimum absolute atomic E-state index is 0.162. The van der Waals surface area contributed by atoms with Crippen molar-refractivity contribution in [3.63, 3.8) is 0 Å². The van der Waals surface area contributed by atoms with Gasteiger partial charge in [0.25, 0.3) is 0 Å². The molecular formula is C7H9N3O2. The van der Waals surface area contributed by atoms with Gasteiger partial charge in [-0.25, -0.2) is 23.5 Å². The average Bonchev–Trinajstić information content (AvgIpc) is 2.55. The fourth-order valence-electron chi connectivity index (χ4n) is 2.20. The Balaban J connectivity index is 2.49. The van der Waals surface area contributed by atoms with Crippen LogP contribution >= 0.6 is 0 Å². The molecule has 1 aromatic rings. The van der Waals surface area contributed by atoms with E-state index in [1.54, 1.807) is 9.36 Å². The predicted octanol–water partition coefficient (Wildman–Crippen LogP) is -0.762. The Labute approximate surface area is 67.8 Å². The van der Waals surface area contributed by atoms with Crippen molar-refractivity contribution in [1.82, 2.24) is 13.9 Å². The van der Waals surface area contributed by atoms with Crippen LogP contribution in [0.5, 0.6) is 0 Å². The number of nitrogens with zero attached hydrogens (tertiary/aromatic N) is 3. The molecule has 3 heterocycles. The van der Waals surface area contributed by atoms with Gasteiger partial charge in [-0.3, -0.25) is 0 Å². The lowest BCUT2D eigenvalue weighted by Gasteiger charge is -2.20. The molecule has 12 heavy (non-hydrogen) atoms. The van der Waals surface area contributed by atoms with Crippen molar-refractivity contribution in [1.29, 1.82) is 0 Å². The molecule has 3 aliphatic rings. The molecule has 0 N–H and O–H groups in total. The second-order valence-electron chi connectivity index (χ2n) is 3.59. The molecule has 0 aromatic carbocycles. The minimum Gasteiger partial charge on any atom is -0.246 e. The van der Waals surface area contributed by atoms with Crippen LogP contribution in [0.15, 0.2) is 9.59 Å². The molecule has 0 spiro atoms. The highest BCUT2D eigenvalue weighted by Gasteiger charge is 2.44. The largest absolute Gasteiger partial charge is 0.347 e. The smallest absolute Gasteiger partial charge is 0.246 e. The van der Waals surface area contributed by atoms with E-state index in [1.807, 2.05) is 0 Å². The second-order valence-corrected chi connectivity index (χ2v) is 3.59. The Bertz CT molecular complexity index is 418. The molecule has 0 saturated heterocycles. The molecule has 1 aromatic heterocycles. The summed E-state index contributed by atoms with van der Waals surface area (Å²) in [5.74, 6) is 0. The first kappa shape index (κ1) is 6.28. The topological polar surface area (TPSA) is 48.9 Å². The molecule has 5 heteroatoms. The summed E-state index contributed by atoms with van der Waals surface area (Å²) in [6, 6.07) is 0.604. The van der Waals surface area contributed by atoms with Crippen LogP contribution < -0.4 is 11.4 Å². The number of aromatic nitrogens is 3. The quantitative estimate of drug-likeness (QED) is 0.510. The maximum absolute atomic E-state index is 11.4. The van der Waals surface area contributed by atoms with Gasteiger partial charge in [0, 0.05) is 7.05 Å². The van der Waals surface area contributed by atoms with E-state index in [-0.39, 0.29) is 11.4 Å². The first-order valence-electron chi connectivity index (χ1n) is 4.10. The molecule has 64 valence electrons. The average molecular weight is 167 g/mol. The molecule has 1 aliphatic carbocycles. The van der Waals surface area contributed by atoms with Gasteiger partial charge in [-0.15, -0.1) is 0 Å². The van der Waals surface area contributed by atoms with Crippen molar-refractivity contribution < 1.29 is 0 Å². The first-order chi connectivity index (χ1) is 5.70. The van der Waals surface area contributed by atoms with E-state index in [9.17, 15) is 9.59 Å². The highest BCUT2D eigenvalue weighted by atomic mass is 16.2. The van der Waals surface area contributed by atoms with Crippen molar-refractivity contribution in [3.8, 4) is 0 Å². The lowest BCUT2D eigenvalue weighted by molar-refractivity contribution is 0.319. The summed E-state index contributed by atoms with van der Waals surface area (Å²) in [6.45, 7) is 0. The first-order valence-corrected chi connectivity index (χ1v) is 4.10. The fourth-order valence-corrected chi connectivity index (χ4v) is 2.20. The summed E-state index contributed by atoms with van der Waals surface area (Å²) < 4.78 is 4.39. The monoisotopic (exact) mass is 167 g/mol. The molecule has 0 atom stereocenters. The van der Waals surface area contributed by atoms with Gasteiger partial charge >= 0.3 is 11.4 Å². The van der Waals surface area contributed by atoms with Crippen LogP contribution in [-0.2, 0) is 7.05 Å². The highest BCUT2D eigenvalue weighted by molar-refractivity contribution is 4.98. The van der Waals surface area contributed by atoms with Crippen LogP contribution in [-0.4, -0.2) is 13.9 Å². The van der Waals surface area contributed by atoms with Crippen LogP contribution in [0.1, 0.15) is 24.9 Å². The van der Waals surface area contributed by atoms with Crippen LogP contribution in [0.4, 0.5) is 0 Å². The zero-order valence-electron chi connectivity index (χ0n) is 6.73. The molecule has 2 bridgehead atoms. The normalized spacial score (nSPS) is 30.1. The molecule has 2 aliphatic heterocycles. The summed E-state index contributed by atoms with van der Waals surface area (Å²) in [6.07, 6.45) is 1.96. The Kier molecular flexibility index (Phi) is 0.824. The van der Waals surface area contributed by atoms with E-state index >= 15 is 0 Å². The Hall–Kier alpha value is -1.26. The van der Waals surface area contributed by atoms with Gasteiger partial charge in [-0.05, 0) is 12.8 Å². The molecule has 0 amide bonds. The predicted molar refractivity (Wildman–Crippen MR) is 41.2 cm³/mol. The van der Waals surface area contributed by atoms with E-state index < -0.39 is 0 Å². The van der Waals surface area contributed by atoms with Gasteiger partial charge in [0.15, 0.2) is 0 Å². The molecule has 0 radical (unpaired) electrons. The standard InChI is InChI=1S/C7H9N3O2/c1-8-6(11)9-4-2-5(3-4)10(9)7(8)12/h4-5H,2-3H2,1H3. The Morgan fingerprint density at radius 2 is 1.50 bits per heavy atom. The summed E-state index contributed by atoms with van der Waals surface area (Å²) in [7, 11) is 1.53. The van der Waals surface area contributed by atoms with Crippen LogP contribution in [0, 0.1) is 0 Å². The van der Waals surface area contributed by atoms with Gasteiger partial charge in [0.05, 0.1) is 12.1 Å². The van der Waals surface area contributed by atoms with Gasteiger partial charge in [-0.1, -0.05) is 0 Å². The van der Waals surface area contributed by atoms with Crippen LogP contribution in [0.2, 0.25) is 0 Å². The summed E-state index contributed by atoms with van der Waals surface area (Å²) >= 11 is 0. The maximum atomic E-state index is 11.4. The second kappa shape index (κ2) is 1.57. The summed E-state index contributed by atoms with van der Waals surface area (Å²) in [5.41, 5.74) is -0.324. The van der Waals surface area contributed by atoms with Crippen molar-refractivity contribution in [2.24, 2.45) is 7.05 Å². The third-order valence-electron chi connectivity index (χ3n) is 2.98. The van der Waals surface area contributed by atoms with Gasteiger partial charge < -0.3 is 0 Å². The zero-order chi connectivity index (χ0) is 8.46. The van der Waals surface area contributed by atoms with Crippen molar-refractivity contribution in [2.45, 2.75) is 24.9 Å². The SMILES string of the molecule is Cn1c(=O)n2n(c1=O)C1CC2C1. The maximum Gasteiger partial charge on any atom is 0.347 e. The molecule has 1 saturated carbocycles. The molecular weight excluding hydrogens is 158 g/mol. The van der Waals surface area contributed by atoms with Crippen LogP contribution in [0.25, 0.3) is 0 Å². The van der Waals surface area contributed by atoms with Gasteiger partial charge in [0.2, 0.25) is 0 Å². The minimum atomic E-state index is -0.162. The van der Waals surface area contributed by atoms with Gasteiger partial charge in [0.1, 0.15) is 0 Å². The lowest BCUT2D eigenvalue weighted by Crippen LogP contribution is -2.31. The van der Waals surface area contributed by atoms with Crippen molar-refractivity contribution in [3.05, 3.63) is 21.0 Å². The number of hydrogen-bond acceptors (Lipinski definition) is 2. The Morgan fingerprint density at radius 1 is 1.08 bits per heavy atom. The van der Waals surface area contributed by atoms with E-state index in [0.29, 0.717) is 12.1 Å². The number of rotatable bonds is 0. The fraction of sp³-hybridized carbons (Fsp3) is 0.714. The third-order valence-corrected chi connectivity index (χ3v) is 2.98. The summed E-state index contributed by atoms with van der Waals surface area (Å²) in [4.78, 5) is 22.8. The molecule has 5 nitrogen and oxygen atoms in total. The van der Waals surface area contributed by atoms with E-state index in [1.165, 1.54) is 11.6 Å². The van der Waals surface area contributed by atoms with Crippen LogP contribution in [0.3, 0.4) is 0 Å². The van der Waals surface area contributed by atoms with Crippen molar-refractivity contribution >= 4 is 0 Å². The molecule has 1 fully saturated rings. The number of hydrogen-bond donors (Lipinski definition) is 0. The van der Waals surface area contributed by atoms with E-state index in [2.05, 4.69) is 0 Å². The molecule has 4 rings (SSSR count). The van der Waals surface area contributed by atoms with E-state index in [0.717, 1.165) is 12.8 Å². The third kappa shape index (κ3) is 0.434. The molecule has 0 unspecified atom stereocenters. The zero-order valence-corrected chi connectivity index (χ0v) is 6.73. The highest BCUT2D eigenvalue weighted by Crippen LogP contribution is 2.45. The van der Waals surface area contributed by atoms with Gasteiger partial charge in [-0.2, -0.15) is 0 Å². The Morgan fingerprint density at radius 3 is 1.92 bits per heavy atom. The van der Waals surface area contributed by atoms with E-state index in [4.69, 9.17) is 0 Å². The lowest BCUT2D eigenvalue weighted by atomic mass is 9.90. The van der Waals surface area contributed by atoms with Crippen molar-refractivity contribution in [2.75, 3.05) is 0 Å². The summed E-state index contributed by atoms with van der Waals surface area (Å²) in [5, 5.41) is 0.